The van der Waals surface area contributed by atoms with E-state index in [1.807, 2.05) is 0 Å². The highest BCUT2D eigenvalue weighted by Crippen LogP contribution is 2.67. The number of carbonyl (C=O) groups is 2. The highest BCUT2D eigenvalue weighted by Gasteiger charge is 2.62. The quantitative estimate of drug-likeness (QED) is 0.297. The first-order chi connectivity index (χ1) is 17.1. The van der Waals surface area contributed by atoms with Gasteiger partial charge in [-0.15, -0.1) is 0 Å². The second kappa shape index (κ2) is 11.9. The third-order valence-electron chi connectivity index (χ3n) is 11.6. The Hall–Kier alpha value is -0.900. The van der Waals surface area contributed by atoms with Gasteiger partial charge in [0.05, 0.1) is 6.10 Å². The molecule has 4 rings (SSSR count). The zero-order valence-corrected chi connectivity index (χ0v) is 23.8. The van der Waals surface area contributed by atoms with Crippen molar-refractivity contribution in [2.45, 2.75) is 137 Å². The Morgan fingerprint density at radius 1 is 1.00 bits per heavy atom. The number of rotatable bonds is 11. The Morgan fingerprint density at radius 2 is 1.72 bits per heavy atom. The van der Waals surface area contributed by atoms with Crippen LogP contribution in [0.1, 0.15) is 130 Å². The molecule has 8 atom stereocenters. The molecule has 4 nitrogen and oxygen atoms in total. The molecule has 36 heavy (non-hydrogen) atoms. The van der Waals surface area contributed by atoms with Gasteiger partial charge < -0.3 is 10.4 Å². The predicted molar refractivity (Wildman–Crippen MR) is 146 cm³/mol. The van der Waals surface area contributed by atoms with Crippen LogP contribution in [0.15, 0.2) is 0 Å². The van der Waals surface area contributed by atoms with E-state index in [-0.39, 0.29) is 17.4 Å². The van der Waals surface area contributed by atoms with Crippen molar-refractivity contribution in [3.05, 3.63) is 0 Å². The fraction of sp³-hybridized carbons (Fsp3) is 0.938. The third-order valence-corrected chi connectivity index (χ3v) is 11.6. The Bertz CT molecular complexity index is 764. The molecule has 0 aromatic carbocycles. The zero-order chi connectivity index (χ0) is 25.9. The number of aliphatic hydroxyl groups excluding tert-OH is 1. The van der Waals surface area contributed by atoms with Crippen LogP contribution in [0, 0.1) is 46.3 Å². The van der Waals surface area contributed by atoms with Crippen molar-refractivity contribution in [2.75, 3.05) is 6.54 Å². The van der Waals surface area contributed by atoms with Crippen molar-refractivity contribution >= 4 is 11.7 Å². The molecule has 0 spiro atoms. The summed E-state index contributed by atoms with van der Waals surface area (Å²) < 4.78 is 0. The summed E-state index contributed by atoms with van der Waals surface area (Å²) in [5, 5.41) is 14.0. The second-order valence-electron chi connectivity index (χ2n) is 14.2. The van der Waals surface area contributed by atoms with Crippen LogP contribution in [0.25, 0.3) is 0 Å². The van der Waals surface area contributed by atoms with Gasteiger partial charge in [-0.25, -0.2) is 0 Å². The molecule has 0 bridgehead atoms. The number of hydrogen-bond donors (Lipinski definition) is 2. The van der Waals surface area contributed by atoms with Gasteiger partial charge in [0, 0.05) is 25.8 Å². The molecule has 4 heteroatoms. The summed E-state index contributed by atoms with van der Waals surface area (Å²) in [6.45, 7) is 10.1. The first-order valence-corrected chi connectivity index (χ1v) is 15.6. The molecule has 1 amide bonds. The molecule has 4 saturated carbocycles. The zero-order valence-electron chi connectivity index (χ0n) is 23.8. The van der Waals surface area contributed by atoms with Crippen molar-refractivity contribution in [3.63, 3.8) is 0 Å². The summed E-state index contributed by atoms with van der Waals surface area (Å²) >= 11 is 0. The SMILES string of the molecule is CC(C)CCNC(=O)CCCCCCC[C@@H]1C[C@H]2CC(=O)CC[C@]2(C)[C@H]2CC[C@]3(C)[C@@H](O)CC[C@H]3[C@H]12. The van der Waals surface area contributed by atoms with Gasteiger partial charge in [0.25, 0.3) is 0 Å². The van der Waals surface area contributed by atoms with Gasteiger partial charge in [-0.3, -0.25) is 9.59 Å². The van der Waals surface area contributed by atoms with Crippen LogP contribution in [-0.2, 0) is 9.59 Å². The maximum Gasteiger partial charge on any atom is 0.219 e. The number of aliphatic hydroxyl groups is 1. The van der Waals surface area contributed by atoms with Crippen LogP contribution in [0.4, 0.5) is 0 Å². The van der Waals surface area contributed by atoms with Crippen molar-refractivity contribution in [1.82, 2.24) is 5.32 Å². The van der Waals surface area contributed by atoms with E-state index in [9.17, 15) is 14.7 Å². The molecule has 0 saturated heterocycles. The molecule has 0 aromatic rings. The van der Waals surface area contributed by atoms with Crippen LogP contribution in [0.2, 0.25) is 0 Å². The maximum atomic E-state index is 12.4. The average molecular weight is 502 g/mol. The number of nitrogens with one attached hydrogen (secondary N) is 1. The van der Waals surface area contributed by atoms with E-state index >= 15 is 0 Å². The number of hydrogen-bond acceptors (Lipinski definition) is 3. The second-order valence-corrected chi connectivity index (χ2v) is 14.2. The summed E-state index contributed by atoms with van der Waals surface area (Å²) in [5.74, 6) is 4.80. The van der Waals surface area contributed by atoms with Gasteiger partial charge in [-0.2, -0.15) is 0 Å². The first kappa shape index (κ1) is 28.1. The number of carbonyl (C=O) groups excluding carboxylic acids is 2. The van der Waals surface area contributed by atoms with E-state index in [0.717, 1.165) is 69.2 Å². The standard InChI is InChI=1S/C32H55NO3/c1-22(2)16-19-33-29(36)11-9-7-5-6-8-10-23-20-24-21-25(34)14-17-31(24,3)27-15-18-32(4)26(30(23)27)12-13-28(32)35/h22-24,26-28,30,35H,5-21H2,1-4H3,(H,33,36)/t23-,24+,26+,27+,28+,30+,31+,32+/m1/s1. The van der Waals surface area contributed by atoms with Crippen LogP contribution >= 0.6 is 0 Å². The normalized spacial score (nSPS) is 40.0. The molecular weight excluding hydrogens is 446 g/mol. The molecule has 2 N–H and O–H groups in total. The van der Waals surface area contributed by atoms with Crippen molar-refractivity contribution < 1.29 is 14.7 Å². The van der Waals surface area contributed by atoms with Gasteiger partial charge in [0.2, 0.25) is 5.91 Å². The predicted octanol–water partition coefficient (Wildman–Crippen LogP) is 7.08. The van der Waals surface area contributed by atoms with Crippen molar-refractivity contribution in [1.29, 1.82) is 0 Å². The molecule has 0 unspecified atom stereocenters. The minimum atomic E-state index is -0.120. The van der Waals surface area contributed by atoms with E-state index in [0.29, 0.717) is 35.4 Å². The van der Waals surface area contributed by atoms with Crippen LogP contribution in [0.5, 0.6) is 0 Å². The van der Waals surface area contributed by atoms with E-state index in [1.165, 1.54) is 51.4 Å². The highest BCUT2D eigenvalue weighted by molar-refractivity contribution is 5.79. The summed E-state index contributed by atoms with van der Waals surface area (Å²) in [7, 11) is 0. The number of Topliss-reactive ketones (excluding diaryl/α,β-unsaturated/α-hetero) is 1. The lowest BCUT2D eigenvalue weighted by atomic mass is 9.42. The minimum absolute atomic E-state index is 0.114. The Labute approximate surface area is 221 Å². The Balaban J connectivity index is 1.28. The van der Waals surface area contributed by atoms with Crippen molar-refractivity contribution in [2.24, 2.45) is 46.3 Å². The van der Waals surface area contributed by atoms with E-state index in [4.69, 9.17) is 0 Å². The molecule has 206 valence electrons. The fourth-order valence-electron chi connectivity index (χ4n) is 9.30. The van der Waals surface area contributed by atoms with E-state index in [1.54, 1.807) is 0 Å². The van der Waals surface area contributed by atoms with Crippen molar-refractivity contribution in [3.8, 4) is 0 Å². The van der Waals surface area contributed by atoms with E-state index < -0.39 is 0 Å². The topological polar surface area (TPSA) is 66.4 Å². The number of amides is 1. The largest absolute Gasteiger partial charge is 0.393 e. The number of fused-ring (bicyclic) bond motifs is 5. The third kappa shape index (κ3) is 5.89. The van der Waals surface area contributed by atoms with Crippen LogP contribution in [-0.4, -0.2) is 29.4 Å². The molecule has 4 fully saturated rings. The van der Waals surface area contributed by atoms with Crippen LogP contribution < -0.4 is 5.32 Å². The lowest BCUT2D eigenvalue weighted by molar-refractivity contribution is -0.156. The molecule has 0 heterocycles. The lowest BCUT2D eigenvalue weighted by Crippen LogP contribution is -2.57. The van der Waals surface area contributed by atoms with Gasteiger partial charge in [-0.1, -0.05) is 59.8 Å². The molecular formula is C32H55NO3. The summed E-state index contributed by atoms with van der Waals surface area (Å²) in [6, 6.07) is 0. The molecule has 4 aliphatic rings. The summed E-state index contributed by atoms with van der Waals surface area (Å²) in [5.41, 5.74) is 0.447. The number of unbranched alkanes of at least 4 members (excludes halogenated alkanes) is 4. The summed E-state index contributed by atoms with van der Waals surface area (Å²) in [6.07, 6.45) is 17.4. The highest BCUT2D eigenvalue weighted by atomic mass is 16.3. The fourth-order valence-corrected chi connectivity index (χ4v) is 9.30. The summed E-state index contributed by atoms with van der Waals surface area (Å²) in [4.78, 5) is 24.4. The molecule has 4 aliphatic carbocycles. The van der Waals surface area contributed by atoms with Gasteiger partial charge >= 0.3 is 0 Å². The minimum Gasteiger partial charge on any atom is -0.393 e. The molecule has 0 aliphatic heterocycles. The molecule has 0 aromatic heterocycles. The van der Waals surface area contributed by atoms with E-state index in [2.05, 4.69) is 33.0 Å². The van der Waals surface area contributed by atoms with Crippen LogP contribution in [0.3, 0.4) is 0 Å². The Kier molecular flexibility index (Phi) is 9.27. The van der Waals surface area contributed by atoms with Gasteiger partial charge in [0.15, 0.2) is 0 Å². The smallest absolute Gasteiger partial charge is 0.219 e. The average Bonchev–Trinajstić information content (AvgIpc) is 3.13. The number of ketones is 1. The van der Waals surface area contributed by atoms with Gasteiger partial charge in [0.1, 0.15) is 5.78 Å². The lowest BCUT2D eigenvalue weighted by Gasteiger charge is -2.62. The van der Waals surface area contributed by atoms with Gasteiger partial charge in [-0.05, 0) is 97.7 Å². The Morgan fingerprint density at radius 3 is 2.50 bits per heavy atom. The monoisotopic (exact) mass is 501 g/mol. The molecule has 0 radical (unpaired) electrons. The maximum absolute atomic E-state index is 12.4. The first-order valence-electron chi connectivity index (χ1n) is 15.6.